The molecule has 0 bridgehead atoms. The molecule has 2 aromatic carbocycles. The number of ether oxygens (including phenoxy) is 1. The molecule has 0 aromatic heterocycles. The fraction of sp³-hybridized carbons (Fsp3) is 0.333. The molecule has 0 unspecified atom stereocenters. The molecule has 1 aliphatic rings. The molecular weight excluding hydrogens is 328 g/mol. The SMILES string of the molecule is COc1ccc(CCNC(=O)c2cccc(CN3CCCC3=O)c2)cc1. The lowest BCUT2D eigenvalue weighted by Gasteiger charge is -2.16. The Bertz CT molecular complexity index is 771. The van der Waals surface area contributed by atoms with Crippen LogP contribution in [0.2, 0.25) is 0 Å². The van der Waals surface area contributed by atoms with Gasteiger partial charge in [-0.05, 0) is 48.2 Å². The highest BCUT2D eigenvalue weighted by Gasteiger charge is 2.20. The van der Waals surface area contributed by atoms with Crippen molar-refractivity contribution in [3.05, 3.63) is 65.2 Å². The van der Waals surface area contributed by atoms with Crippen molar-refractivity contribution in [1.29, 1.82) is 0 Å². The van der Waals surface area contributed by atoms with Crippen LogP contribution in [0.25, 0.3) is 0 Å². The molecule has 1 saturated heterocycles. The topological polar surface area (TPSA) is 58.6 Å². The van der Waals surface area contributed by atoms with E-state index in [9.17, 15) is 9.59 Å². The molecule has 136 valence electrons. The zero-order valence-corrected chi connectivity index (χ0v) is 15.0. The third-order valence-electron chi connectivity index (χ3n) is 4.59. The van der Waals surface area contributed by atoms with Gasteiger partial charge in [-0.15, -0.1) is 0 Å². The van der Waals surface area contributed by atoms with E-state index in [1.807, 2.05) is 47.4 Å². The fourth-order valence-electron chi connectivity index (χ4n) is 3.12. The van der Waals surface area contributed by atoms with Crippen molar-refractivity contribution in [2.45, 2.75) is 25.8 Å². The number of hydrogen-bond acceptors (Lipinski definition) is 3. The Kier molecular flexibility index (Phi) is 5.89. The maximum absolute atomic E-state index is 12.4. The van der Waals surface area contributed by atoms with Crippen LogP contribution < -0.4 is 10.1 Å². The maximum Gasteiger partial charge on any atom is 0.251 e. The zero-order valence-electron chi connectivity index (χ0n) is 15.0. The molecule has 0 saturated carbocycles. The lowest BCUT2D eigenvalue weighted by atomic mass is 10.1. The van der Waals surface area contributed by atoms with Gasteiger partial charge in [0.15, 0.2) is 0 Å². The monoisotopic (exact) mass is 352 g/mol. The van der Waals surface area contributed by atoms with Crippen LogP contribution in [0.4, 0.5) is 0 Å². The summed E-state index contributed by atoms with van der Waals surface area (Å²) >= 11 is 0. The third kappa shape index (κ3) is 4.63. The van der Waals surface area contributed by atoms with Gasteiger partial charge in [0, 0.05) is 31.6 Å². The van der Waals surface area contributed by atoms with Gasteiger partial charge in [0.25, 0.3) is 5.91 Å². The summed E-state index contributed by atoms with van der Waals surface area (Å²) in [5.41, 5.74) is 2.76. The van der Waals surface area contributed by atoms with Crippen molar-refractivity contribution in [3.63, 3.8) is 0 Å². The van der Waals surface area contributed by atoms with Gasteiger partial charge in [-0.25, -0.2) is 0 Å². The number of methoxy groups -OCH3 is 1. The minimum atomic E-state index is -0.0897. The first-order valence-electron chi connectivity index (χ1n) is 8.93. The molecule has 1 N–H and O–H groups in total. The van der Waals surface area contributed by atoms with Crippen LogP contribution in [0.1, 0.15) is 34.3 Å². The number of amides is 2. The molecule has 2 amide bonds. The largest absolute Gasteiger partial charge is 0.497 e. The lowest BCUT2D eigenvalue weighted by molar-refractivity contribution is -0.128. The Morgan fingerprint density at radius 3 is 2.65 bits per heavy atom. The summed E-state index contributed by atoms with van der Waals surface area (Å²) in [4.78, 5) is 26.0. The molecule has 5 nitrogen and oxygen atoms in total. The first-order valence-corrected chi connectivity index (χ1v) is 8.93. The van der Waals surface area contributed by atoms with Crippen LogP contribution in [-0.4, -0.2) is 36.9 Å². The van der Waals surface area contributed by atoms with Crippen LogP contribution in [0.15, 0.2) is 48.5 Å². The Hall–Kier alpha value is -2.82. The smallest absolute Gasteiger partial charge is 0.251 e. The van der Waals surface area contributed by atoms with E-state index in [4.69, 9.17) is 4.74 Å². The predicted molar refractivity (Wildman–Crippen MR) is 100 cm³/mol. The molecular formula is C21H24N2O3. The maximum atomic E-state index is 12.4. The highest BCUT2D eigenvalue weighted by Crippen LogP contribution is 2.15. The van der Waals surface area contributed by atoms with Crippen molar-refractivity contribution < 1.29 is 14.3 Å². The van der Waals surface area contributed by atoms with Gasteiger partial charge in [-0.3, -0.25) is 9.59 Å². The number of likely N-dealkylation sites (tertiary alicyclic amines) is 1. The second kappa shape index (κ2) is 8.52. The van der Waals surface area contributed by atoms with Crippen molar-refractivity contribution in [2.24, 2.45) is 0 Å². The quantitative estimate of drug-likeness (QED) is 0.834. The van der Waals surface area contributed by atoms with Crippen molar-refractivity contribution in [1.82, 2.24) is 10.2 Å². The van der Waals surface area contributed by atoms with E-state index in [0.29, 0.717) is 25.1 Å². The highest BCUT2D eigenvalue weighted by atomic mass is 16.5. The minimum absolute atomic E-state index is 0.0897. The molecule has 2 aromatic rings. The summed E-state index contributed by atoms with van der Waals surface area (Å²) < 4.78 is 5.14. The summed E-state index contributed by atoms with van der Waals surface area (Å²) in [6.45, 7) is 1.95. The molecule has 0 atom stereocenters. The van der Waals surface area contributed by atoms with Gasteiger partial charge < -0.3 is 15.0 Å². The van der Waals surface area contributed by atoms with E-state index < -0.39 is 0 Å². The van der Waals surface area contributed by atoms with Crippen molar-refractivity contribution >= 4 is 11.8 Å². The Morgan fingerprint density at radius 2 is 1.96 bits per heavy atom. The number of carbonyl (C=O) groups excluding carboxylic acids is 2. The summed E-state index contributed by atoms with van der Waals surface area (Å²) in [5, 5.41) is 2.95. The zero-order chi connectivity index (χ0) is 18.4. The Morgan fingerprint density at radius 1 is 1.15 bits per heavy atom. The molecule has 3 rings (SSSR count). The normalized spacial score (nSPS) is 13.7. The fourth-order valence-corrected chi connectivity index (χ4v) is 3.12. The van der Waals surface area contributed by atoms with Gasteiger partial charge >= 0.3 is 0 Å². The van der Waals surface area contributed by atoms with Gasteiger partial charge in [-0.2, -0.15) is 0 Å². The third-order valence-corrected chi connectivity index (χ3v) is 4.59. The first-order chi connectivity index (χ1) is 12.7. The van der Waals surface area contributed by atoms with Crippen molar-refractivity contribution in [3.8, 4) is 5.75 Å². The minimum Gasteiger partial charge on any atom is -0.497 e. The molecule has 0 radical (unpaired) electrons. The van der Waals surface area contributed by atoms with E-state index in [0.717, 1.165) is 36.3 Å². The molecule has 26 heavy (non-hydrogen) atoms. The van der Waals surface area contributed by atoms with Crippen molar-refractivity contribution in [2.75, 3.05) is 20.2 Å². The molecule has 1 heterocycles. The van der Waals surface area contributed by atoms with Crippen LogP contribution in [-0.2, 0) is 17.8 Å². The standard InChI is InChI=1S/C21H24N2O3/c1-26-19-9-7-16(8-10-19)11-12-22-21(25)18-5-2-4-17(14-18)15-23-13-3-6-20(23)24/h2,4-5,7-10,14H,3,6,11-13,15H2,1H3,(H,22,25). The van der Waals surface area contributed by atoms with Gasteiger partial charge in [0.05, 0.1) is 7.11 Å². The number of rotatable bonds is 7. The summed E-state index contributed by atoms with van der Waals surface area (Å²) in [6.07, 6.45) is 2.31. The number of carbonyl (C=O) groups is 2. The van der Waals surface area contributed by atoms with Crippen LogP contribution in [0.3, 0.4) is 0 Å². The highest BCUT2D eigenvalue weighted by molar-refractivity contribution is 5.94. The second-order valence-electron chi connectivity index (χ2n) is 6.47. The van der Waals surface area contributed by atoms with E-state index in [1.54, 1.807) is 13.2 Å². The van der Waals surface area contributed by atoms with Gasteiger partial charge in [0.1, 0.15) is 5.75 Å². The van der Waals surface area contributed by atoms with Crippen LogP contribution in [0.5, 0.6) is 5.75 Å². The molecule has 0 aliphatic carbocycles. The van der Waals surface area contributed by atoms with E-state index in [2.05, 4.69) is 5.32 Å². The second-order valence-corrected chi connectivity index (χ2v) is 6.47. The number of benzene rings is 2. The van der Waals surface area contributed by atoms with Gasteiger partial charge in [-0.1, -0.05) is 24.3 Å². The molecule has 0 spiro atoms. The average Bonchev–Trinajstić information content (AvgIpc) is 3.07. The lowest BCUT2D eigenvalue weighted by Crippen LogP contribution is -2.26. The summed E-state index contributed by atoms with van der Waals surface area (Å²) in [6, 6.07) is 15.3. The summed E-state index contributed by atoms with van der Waals surface area (Å²) in [7, 11) is 1.64. The Labute approximate surface area is 154 Å². The van der Waals surface area contributed by atoms with Gasteiger partial charge in [0.2, 0.25) is 5.91 Å². The summed E-state index contributed by atoms with van der Waals surface area (Å²) in [5.74, 6) is 0.929. The Balaban J connectivity index is 1.52. The van der Waals surface area contributed by atoms with Crippen LogP contribution >= 0.6 is 0 Å². The average molecular weight is 352 g/mol. The predicted octanol–water partition coefficient (Wildman–Crippen LogP) is 2.79. The number of hydrogen-bond donors (Lipinski definition) is 1. The number of nitrogens with zero attached hydrogens (tertiary/aromatic N) is 1. The molecule has 1 fully saturated rings. The van der Waals surface area contributed by atoms with Crippen LogP contribution in [0, 0.1) is 0 Å². The number of nitrogens with one attached hydrogen (secondary N) is 1. The molecule has 1 aliphatic heterocycles. The first kappa shape index (κ1) is 18.0. The van der Waals surface area contributed by atoms with E-state index in [1.165, 1.54) is 0 Å². The van der Waals surface area contributed by atoms with E-state index in [-0.39, 0.29) is 11.8 Å². The van der Waals surface area contributed by atoms with E-state index >= 15 is 0 Å². The molecule has 5 heteroatoms.